The Morgan fingerprint density at radius 3 is 2.71 bits per heavy atom. The van der Waals surface area contributed by atoms with E-state index in [1.807, 2.05) is 6.07 Å². The van der Waals surface area contributed by atoms with Gasteiger partial charge in [-0.2, -0.15) is 5.26 Å². The molecule has 0 atom stereocenters. The predicted octanol–water partition coefficient (Wildman–Crippen LogP) is 2.55. The average molecular weight is 303 g/mol. The number of hydrogen-bond acceptors (Lipinski definition) is 6. The second-order valence-electron chi connectivity index (χ2n) is 3.86. The summed E-state index contributed by atoms with van der Waals surface area (Å²) in [6.45, 7) is -0.249. The number of nitrogens with one attached hydrogen (secondary N) is 1. The van der Waals surface area contributed by atoms with E-state index in [4.69, 9.17) is 10.00 Å². The van der Waals surface area contributed by atoms with Gasteiger partial charge < -0.3 is 10.1 Å². The molecule has 1 aromatic carbocycles. The standard InChI is InChI=1S/C13H9N3O4S/c14-7-9-5-6-21-13(9)15-12(17)8-20-11-3-1-10(2-4-11)16(18)19/h1-6H,8H2,(H,15,17). The third-order valence-corrected chi connectivity index (χ3v) is 3.29. The highest BCUT2D eigenvalue weighted by molar-refractivity contribution is 7.14. The summed E-state index contributed by atoms with van der Waals surface area (Å²) in [7, 11) is 0. The molecule has 0 bridgehead atoms. The summed E-state index contributed by atoms with van der Waals surface area (Å²) in [6.07, 6.45) is 0. The molecule has 0 unspecified atom stereocenters. The Hall–Kier alpha value is -2.92. The van der Waals surface area contributed by atoms with E-state index < -0.39 is 10.8 Å². The number of nitro groups is 1. The van der Waals surface area contributed by atoms with Gasteiger partial charge in [-0.3, -0.25) is 14.9 Å². The molecule has 7 nitrogen and oxygen atoms in total. The maximum atomic E-state index is 11.7. The number of anilines is 1. The number of carbonyl (C=O) groups is 1. The number of rotatable bonds is 5. The van der Waals surface area contributed by atoms with Crippen molar-refractivity contribution in [1.82, 2.24) is 0 Å². The maximum absolute atomic E-state index is 11.7. The fourth-order valence-electron chi connectivity index (χ4n) is 1.47. The highest BCUT2D eigenvalue weighted by Crippen LogP contribution is 2.22. The van der Waals surface area contributed by atoms with Gasteiger partial charge in [0.1, 0.15) is 16.8 Å². The van der Waals surface area contributed by atoms with Crippen LogP contribution in [-0.2, 0) is 4.79 Å². The first-order valence-corrected chi connectivity index (χ1v) is 6.63. The monoisotopic (exact) mass is 303 g/mol. The van der Waals surface area contributed by atoms with Gasteiger partial charge in [0.05, 0.1) is 10.5 Å². The zero-order valence-corrected chi connectivity index (χ0v) is 11.4. The van der Waals surface area contributed by atoms with Gasteiger partial charge in [0.25, 0.3) is 11.6 Å². The molecule has 0 saturated carbocycles. The van der Waals surface area contributed by atoms with E-state index in [-0.39, 0.29) is 12.3 Å². The Balaban J connectivity index is 1.89. The van der Waals surface area contributed by atoms with Gasteiger partial charge >= 0.3 is 0 Å². The summed E-state index contributed by atoms with van der Waals surface area (Å²) < 4.78 is 5.21. The van der Waals surface area contributed by atoms with Crippen LogP contribution >= 0.6 is 11.3 Å². The number of thiophene rings is 1. The number of amides is 1. The topological polar surface area (TPSA) is 105 Å². The Bertz CT molecular complexity index is 703. The van der Waals surface area contributed by atoms with Crippen LogP contribution in [0.5, 0.6) is 5.75 Å². The Morgan fingerprint density at radius 2 is 2.10 bits per heavy atom. The van der Waals surface area contributed by atoms with E-state index in [1.165, 1.54) is 35.6 Å². The Kier molecular flexibility index (Phi) is 4.48. The van der Waals surface area contributed by atoms with E-state index in [2.05, 4.69) is 5.32 Å². The fraction of sp³-hybridized carbons (Fsp3) is 0.0769. The van der Waals surface area contributed by atoms with Gasteiger partial charge in [-0.05, 0) is 23.6 Å². The van der Waals surface area contributed by atoms with E-state index in [0.717, 1.165) is 0 Å². The summed E-state index contributed by atoms with van der Waals surface area (Å²) in [5, 5.41) is 24.0. The molecule has 8 heteroatoms. The molecule has 0 aliphatic carbocycles. The largest absolute Gasteiger partial charge is 0.484 e. The number of hydrogen-bond donors (Lipinski definition) is 1. The van der Waals surface area contributed by atoms with Gasteiger partial charge in [0.15, 0.2) is 6.61 Å². The quantitative estimate of drug-likeness (QED) is 0.675. The zero-order chi connectivity index (χ0) is 15.2. The van der Waals surface area contributed by atoms with Gasteiger partial charge in [-0.15, -0.1) is 11.3 Å². The molecule has 0 radical (unpaired) electrons. The SMILES string of the molecule is N#Cc1ccsc1NC(=O)COc1ccc([N+](=O)[O-])cc1. The lowest BCUT2D eigenvalue weighted by atomic mass is 10.3. The van der Waals surface area contributed by atoms with Crippen LogP contribution in [0.1, 0.15) is 5.56 Å². The average Bonchev–Trinajstić information content (AvgIpc) is 2.92. The van der Waals surface area contributed by atoms with Crippen molar-refractivity contribution in [2.24, 2.45) is 0 Å². The molecule has 1 heterocycles. The van der Waals surface area contributed by atoms with Crippen molar-refractivity contribution >= 4 is 27.9 Å². The normalized spacial score (nSPS) is 9.67. The number of carbonyl (C=O) groups excluding carboxylic acids is 1. The summed E-state index contributed by atoms with van der Waals surface area (Å²) in [6, 6.07) is 8.98. The van der Waals surface area contributed by atoms with Gasteiger partial charge in [-0.25, -0.2) is 0 Å². The van der Waals surface area contributed by atoms with Crippen LogP contribution in [0.4, 0.5) is 10.7 Å². The van der Waals surface area contributed by atoms with E-state index in [0.29, 0.717) is 16.3 Å². The molecule has 0 saturated heterocycles. The number of ether oxygens (including phenoxy) is 1. The smallest absolute Gasteiger partial charge is 0.269 e. The van der Waals surface area contributed by atoms with Crippen LogP contribution in [-0.4, -0.2) is 17.4 Å². The van der Waals surface area contributed by atoms with Gasteiger partial charge in [0.2, 0.25) is 0 Å². The van der Waals surface area contributed by atoms with Crippen LogP contribution in [0.25, 0.3) is 0 Å². The summed E-state index contributed by atoms with van der Waals surface area (Å²) in [5.74, 6) is -0.0604. The highest BCUT2D eigenvalue weighted by atomic mass is 32.1. The van der Waals surface area contributed by atoms with Crippen LogP contribution in [0, 0.1) is 21.4 Å². The first-order chi connectivity index (χ1) is 10.1. The van der Waals surface area contributed by atoms with Crippen molar-refractivity contribution in [2.45, 2.75) is 0 Å². The van der Waals surface area contributed by atoms with Crippen molar-refractivity contribution in [3.63, 3.8) is 0 Å². The number of nitrogens with zero attached hydrogens (tertiary/aromatic N) is 2. The minimum atomic E-state index is -0.517. The molecule has 106 valence electrons. The number of nitriles is 1. The van der Waals surface area contributed by atoms with Gasteiger partial charge in [0, 0.05) is 12.1 Å². The van der Waals surface area contributed by atoms with Crippen molar-refractivity contribution in [3.8, 4) is 11.8 Å². The lowest BCUT2D eigenvalue weighted by Crippen LogP contribution is -2.19. The van der Waals surface area contributed by atoms with Crippen molar-refractivity contribution in [3.05, 3.63) is 51.4 Å². The lowest BCUT2D eigenvalue weighted by molar-refractivity contribution is -0.384. The van der Waals surface area contributed by atoms with Crippen molar-refractivity contribution in [1.29, 1.82) is 5.26 Å². The van der Waals surface area contributed by atoms with Crippen LogP contribution in [0.15, 0.2) is 35.7 Å². The van der Waals surface area contributed by atoms with Crippen LogP contribution in [0.2, 0.25) is 0 Å². The van der Waals surface area contributed by atoms with E-state index in [1.54, 1.807) is 11.4 Å². The van der Waals surface area contributed by atoms with E-state index >= 15 is 0 Å². The molecule has 2 rings (SSSR count). The zero-order valence-electron chi connectivity index (χ0n) is 10.6. The van der Waals surface area contributed by atoms with Crippen molar-refractivity contribution < 1.29 is 14.5 Å². The molecule has 1 aromatic heterocycles. The molecular weight excluding hydrogens is 294 g/mol. The lowest BCUT2D eigenvalue weighted by Gasteiger charge is -2.06. The van der Waals surface area contributed by atoms with Crippen LogP contribution in [0.3, 0.4) is 0 Å². The number of benzene rings is 1. The molecule has 21 heavy (non-hydrogen) atoms. The first-order valence-electron chi connectivity index (χ1n) is 5.75. The predicted molar refractivity (Wildman–Crippen MR) is 76.3 cm³/mol. The van der Waals surface area contributed by atoms with Crippen LogP contribution < -0.4 is 10.1 Å². The Morgan fingerprint density at radius 1 is 1.38 bits per heavy atom. The minimum absolute atomic E-state index is 0.0518. The second-order valence-corrected chi connectivity index (χ2v) is 4.78. The number of non-ortho nitro benzene ring substituents is 1. The summed E-state index contributed by atoms with van der Waals surface area (Å²) in [4.78, 5) is 21.7. The fourth-order valence-corrected chi connectivity index (χ4v) is 2.22. The first kappa shape index (κ1) is 14.5. The number of nitro benzene ring substituents is 1. The molecule has 0 spiro atoms. The molecule has 0 aliphatic heterocycles. The minimum Gasteiger partial charge on any atom is -0.484 e. The molecule has 1 N–H and O–H groups in total. The Labute approximate surface area is 123 Å². The maximum Gasteiger partial charge on any atom is 0.269 e. The third kappa shape index (κ3) is 3.77. The van der Waals surface area contributed by atoms with Gasteiger partial charge in [-0.1, -0.05) is 0 Å². The van der Waals surface area contributed by atoms with E-state index in [9.17, 15) is 14.9 Å². The second kappa shape index (κ2) is 6.49. The summed E-state index contributed by atoms with van der Waals surface area (Å²) >= 11 is 1.24. The molecule has 0 aliphatic rings. The molecular formula is C13H9N3O4S. The molecule has 0 fully saturated rings. The molecule has 1 amide bonds. The highest BCUT2D eigenvalue weighted by Gasteiger charge is 2.09. The molecule has 2 aromatic rings. The third-order valence-electron chi connectivity index (χ3n) is 2.46. The summed E-state index contributed by atoms with van der Waals surface area (Å²) in [5.41, 5.74) is 0.340. The van der Waals surface area contributed by atoms with Crippen molar-refractivity contribution in [2.75, 3.05) is 11.9 Å².